The molecule has 5 saturated carbocycles. The van der Waals surface area contributed by atoms with Gasteiger partial charge in [-0.25, -0.2) is 0 Å². The van der Waals surface area contributed by atoms with E-state index in [-0.39, 0.29) is 52.1 Å². The molecule has 6 aliphatic carbocycles. The van der Waals surface area contributed by atoms with Crippen LogP contribution in [0.2, 0.25) is 0 Å². The molecule has 23 heavy (non-hydrogen) atoms. The number of fused-ring (bicyclic) bond motifs is 1. The minimum atomic E-state index is 0. The van der Waals surface area contributed by atoms with Crippen LogP contribution in [-0.2, 0) is 21.7 Å². The first-order valence-corrected chi connectivity index (χ1v) is 8.62. The maximum atomic E-state index is 8.21. The molecule has 5 fully saturated rings. The topological polar surface area (TPSA) is 23.8 Å². The van der Waals surface area contributed by atoms with Crippen molar-refractivity contribution in [2.24, 2.45) is 23.7 Å². The van der Waals surface area contributed by atoms with E-state index in [2.05, 4.69) is 24.6 Å². The van der Waals surface area contributed by atoms with Gasteiger partial charge in [-0.2, -0.15) is 12.8 Å². The van der Waals surface area contributed by atoms with Crippen LogP contribution in [0.1, 0.15) is 57.8 Å². The Kier molecular flexibility index (Phi) is 8.43. The molecule has 0 aromatic carbocycles. The third-order valence-corrected chi connectivity index (χ3v) is 6.26. The molecule has 126 valence electrons. The molecule has 0 heterocycles. The average Bonchev–Trinajstić information content (AvgIpc) is 2.84. The summed E-state index contributed by atoms with van der Waals surface area (Å²) >= 11 is 0. The van der Waals surface area contributed by atoms with E-state index in [4.69, 9.17) is 5.73 Å². The van der Waals surface area contributed by atoms with Gasteiger partial charge in [0.25, 0.3) is 0 Å². The summed E-state index contributed by atoms with van der Waals surface area (Å²) < 4.78 is 0. The Morgan fingerprint density at radius 1 is 1.00 bits per heavy atom. The summed E-state index contributed by atoms with van der Waals surface area (Å²) in [6, 6.07) is 0. The molecular formula is C19H27Cl2NTi. The Labute approximate surface area is 169 Å². The number of rotatable bonds is 0. The van der Waals surface area contributed by atoms with Crippen molar-refractivity contribution in [3.05, 3.63) is 36.0 Å². The number of nitrogens with one attached hydrogen (secondary N) is 1. The SMILES string of the molecule is C1=CCC2C[CH-]CC2=C1.[Cl-].[Cl-].[NH-]C12CC3CC(CC(C3)C1)C2.[Ti+4]. The molecule has 6 aliphatic rings. The van der Waals surface area contributed by atoms with Gasteiger partial charge >= 0.3 is 21.7 Å². The third kappa shape index (κ3) is 4.88. The summed E-state index contributed by atoms with van der Waals surface area (Å²) in [7, 11) is 0. The second-order valence-corrected chi connectivity index (χ2v) is 8.03. The van der Waals surface area contributed by atoms with Gasteiger partial charge in [0.1, 0.15) is 0 Å². The molecule has 0 spiro atoms. The van der Waals surface area contributed by atoms with Crippen LogP contribution in [0.15, 0.2) is 23.8 Å². The van der Waals surface area contributed by atoms with Crippen molar-refractivity contribution in [1.82, 2.24) is 0 Å². The zero-order chi connectivity index (χ0) is 13.6. The van der Waals surface area contributed by atoms with E-state index in [9.17, 15) is 0 Å². The molecule has 6 rings (SSSR count). The summed E-state index contributed by atoms with van der Waals surface area (Å²) in [5, 5.41) is 0. The minimum absolute atomic E-state index is 0. The summed E-state index contributed by atoms with van der Waals surface area (Å²) in [6.07, 6.45) is 21.1. The van der Waals surface area contributed by atoms with Gasteiger partial charge in [0, 0.05) is 0 Å². The molecule has 0 aromatic heterocycles. The molecule has 1 N–H and O–H groups in total. The molecule has 0 radical (unpaired) electrons. The monoisotopic (exact) mass is 387 g/mol. The first-order valence-electron chi connectivity index (χ1n) is 8.62. The van der Waals surface area contributed by atoms with Crippen LogP contribution in [0.4, 0.5) is 0 Å². The normalized spacial score (nSPS) is 41.3. The van der Waals surface area contributed by atoms with Crippen LogP contribution in [0.3, 0.4) is 0 Å². The summed E-state index contributed by atoms with van der Waals surface area (Å²) in [6.45, 7) is 0. The Bertz CT molecular complexity index is 411. The Morgan fingerprint density at radius 2 is 1.57 bits per heavy atom. The molecule has 0 aliphatic heterocycles. The van der Waals surface area contributed by atoms with Crippen molar-refractivity contribution in [2.45, 2.75) is 63.3 Å². The first-order chi connectivity index (χ1) is 9.70. The number of hydrogen-bond acceptors (Lipinski definition) is 0. The van der Waals surface area contributed by atoms with Crippen molar-refractivity contribution in [3.63, 3.8) is 0 Å². The molecule has 4 heteroatoms. The Hall–Kier alpha value is 0.734. The van der Waals surface area contributed by atoms with Gasteiger partial charge in [0.05, 0.1) is 0 Å². The zero-order valence-corrected chi connectivity index (χ0v) is 16.8. The second kappa shape index (κ2) is 8.90. The first kappa shape index (κ1) is 21.8. The fourth-order valence-electron chi connectivity index (χ4n) is 5.77. The zero-order valence-electron chi connectivity index (χ0n) is 13.7. The van der Waals surface area contributed by atoms with Gasteiger partial charge in [-0.3, -0.25) is 0 Å². The van der Waals surface area contributed by atoms with Crippen molar-refractivity contribution in [3.8, 4) is 0 Å². The predicted octanol–water partition coefficient (Wildman–Crippen LogP) is -0.500. The van der Waals surface area contributed by atoms with Gasteiger partial charge in [0.15, 0.2) is 0 Å². The average molecular weight is 388 g/mol. The number of halogens is 2. The van der Waals surface area contributed by atoms with Gasteiger partial charge < -0.3 is 37.0 Å². The fourth-order valence-corrected chi connectivity index (χ4v) is 5.77. The van der Waals surface area contributed by atoms with E-state index >= 15 is 0 Å². The van der Waals surface area contributed by atoms with Crippen molar-refractivity contribution in [2.75, 3.05) is 0 Å². The van der Waals surface area contributed by atoms with E-state index < -0.39 is 0 Å². The van der Waals surface area contributed by atoms with Crippen LogP contribution >= 0.6 is 0 Å². The van der Waals surface area contributed by atoms with Crippen LogP contribution in [0.25, 0.3) is 5.73 Å². The molecule has 0 aromatic rings. The second-order valence-electron chi connectivity index (χ2n) is 8.03. The molecule has 4 bridgehead atoms. The van der Waals surface area contributed by atoms with E-state index in [0.29, 0.717) is 0 Å². The molecule has 0 amide bonds. The predicted molar refractivity (Wildman–Crippen MR) is 84.1 cm³/mol. The van der Waals surface area contributed by atoms with Crippen LogP contribution in [-0.4, -0.2) is 5.54 Å². The van der Waals surface area contributed by atoms with Gasteiger partial charge in [-0.1, -0.05) is 43.1 Å². The van der Waals surface area contributed by atoms with Crippen molar-refractivity contribution in [1.29, 1.82) is 0 Å². The summed E-state index contributed by atoms with van der Waals surface area (Å²) in [5.74, 6) is 3.76. The van der Waals surface area contributed by atoms with E-state index in [1.54, 1.807) is 5.57 Å². The van der Waals surface area contributed by atoms with Crippen LogP contribution < -0.4 is 24.8 Å². The number of allylic oxidation sites excluding steroid dienone is 4. The van der Waals surface area contributed by atoms with Crippen LogP contribution in [0, 0.1) is 30.1 Å². The third-order valence-electron chi connectivity index (χ3n) is 6.26. The molecule has 1 atom stereocenters. The molecule has 1 nitrogen and oxygen atoms in total. The quantitative estimate of drug-likeness (QED) is 0.395. The maximum absolute atomic E-state index is 8.21. The maximum Gasteiger partial charge on any atom is 4.00 e. The van der Waals surface area contributed by atoms with E-state index in [1.165, 1.54) is 57.8 Å². The standard InChI is InChI=1S/C10H16N.C9H11.2ClH.Ti/c11-10-4-7-1-8(5-10)3-9(2-7)6-10;1-2-5-9-7-3-6-8(9)4-1;;;/h7-9,11H,1-6H2;1-4,9H,5-7H2;2*1H;/q2*-1;;;+4/p-2. The van der Waals surface area contributed by atoms with Crippen molar-refractivity contribution >= 4 is 0 Å². The summed E-state index contributed by atoms with van der Waals surface area (Å²) in [5.41, 5.74) is 9.91. The Morgan fingerprint density at radius 3 is 2.04 bits per heavy atom. The fraction of sp³-hybridized carbons (Fsp3) is 0.737. The molecule has 1 unspecified atom stereocenters. The van der Waals surface area contributed by atoms with E-state index in [1.807, 2.05) is 0 Å². The Balaban J connectivity index is 0.000000207. The summed E-state index contributed by atoms with van der Waals surface area (Å²) in [4.78, 5) is 0. The van der Waals surface area contributed by atoms with E-state index in [0.717, 1.165) is 23.7 Å². The van der Waals surface area contributed by atoms with Crippen molar-refractivity contribution < 1.29 is 46.5 Å². The van der Waals surface area contributed by atoms with Gasteiger partial charge in [0.2, 0.25) is 0 Å². The molecule has 0 saturated heterocycles. The molecular weight excluding hydrogens is 361 g/mol. The van der Waals surface area contributed by atoms with Gasteiger partial charge in [-0.15, -0.1) is 5.54 Å². The minimum Gasteiger partial charge on any atom is -1.00 e. The van der Waals surface area contributed by atoms with Crippen LogP contribution in [0.5, 0.6) is 0 Å². The van der Waals surface area contributed by atoms with Gasteiger partial charge in [-0.05, 0) is 49.4 Å². The smallest absolute Gasteiger partial charge is 1.00 e. The number of hydrogen-bond donors (Lipinski definition) is 0. The largest absolute Gasteiger partial charge is 4.00 e.